The van der Waals surface area contributed by atoms with Crippen molar-refractivity contribution in [3.8, 4) is 0 Å². The summed E-state index contributed by atoms with van der Waals surface area (Å²) in [6, 6.07) is -0.989. The van der Waals surface area contributed by atoms with Crippen molar-refractivity contribution in [3.05, 3.63) is 16.1 Å². The molecule has 0 radical (unpaired) electrons. The number of ether oxygens (including phenoxy) is 2. The molecule has 2 heterocycles. The van der Waals surface area contributed by atoms with Crippen LogP contribution in [0.15, 0.2) is 5.38 Å². The summed E-state index contributed by atoms with van der Waals surface area (Å²) in [7, 11) is 1.93. The van der Waals surface area contributed by atoms with Gasteiger partial charge in [0.2, 0.25) is 17.7 Å². The van der Waals surface area contributed by atoms with Gasteiger partial charge in [-0.2, -0.15) is 12.6 Å². The molecule has 16 heteroatoms. The summed E-state index contributed by atoms with van der Waals surface area (Å²) in [6.07, 6.45) is 6.29. The molecule has 4 N–H and O–H groups in total. The summed E-state index contributed by atoms with van der Waals surface area (Å²) >= 11 is 5.39. The van der Waals surface area contributed by atoms with E-state index >= 15 is 0 Å². The minimum absolute atomic E-state index is 0.152. The van der Waals surface area contributed by atoms with Crippen molar-refractivity contribution in [3.63, 3.8) is 0 Å². The first-order valence-corrected chi connectivity index (χ1v) is 18.5. The first-order valence-electron chi connectivity index (χ1n) is 17.0. The van der Waals surface area contributed by atoms with Gasteiger partial charge in [-0.05, 0) is 52.1 Å². The summed E-state index contributed by atoms with van der Waals surface area (Å²) in [4.78, 5) is 71.9. The minimum atomic E-state index is -0.722. The molecular weight excluding hydrogens is 659 g/mol. The molecule has 3 atom stereocenters. The molecule has 1 aliphatic heterocycles. The highest BCUT2D eigenvalue weighted by Gasteiger charge is 2.31. The number of likely N-dealkylation sites (N-methyl/N-ethyl adjacent to an activating group) is 1. The highest BCUT2D eigenvalue weighted by molar-refractivity contribution is 7.80. The van der Waals surface area contributed by atoms with Crippen molar-refractivity contribution in [2.24, 2.45) is 5.92 Å². The molecule has 0 saturated carbocycles. The van der Waals surface area contributed by atoms with Crippen LogP contribution >= 0.6 is 24.0 Å². The predicted octanol–water partition coefficient (Wildman–Crippen LogP) is 2.26. The predicted molar refractivity (Wildman–Crippen MR) is 187 cm³/mol. The lowest BCUT2D eigenvalue weighted by Crippen LogP contribution is -2.55. The molecule has 4 amide bonds. The topological polar surface area (TPSA) is 171 Å². The van der Waals surface area contributed by atoms with Gasteiger partial charge in [-0.3, -0.25) is 34.3 Å². The summed E-state index contributed by atoms with van der Waals surface area (Å²) in [6.45, 7) is 7.49. The largest absolute Gasteiger partial charge is 0.444 e. The van der Waals surface area contributed by atoms with E-state index in [9.17, 15) is 24.0 Å². The van der Waals surface area contributed by atoms with Gasteiger partial charge < -0.3 is 25.0 Å². The molecule has 14 nitrogen and oxygen atoms in total. The minimum Gasteiger partial charge on any atom is -0.444 e. The van der Waals surface area contributed by atoms with Crippen molar-refractivity contribution < 1.29 is 33.4 Å². The summed E-state index contributed by atoms with van der Waals surface area (Å²) in [5.74, 6) is -1.10. The fourth-order valence-electron chi connectivity index (χ4n) is 5.11. The number of thiol groups is 1. The van der Waals surface area contributed by atoms with E-state index in [0.29, 0.717) is 57.4 Å². The lowest BCUT2D eigenvalue weighted by Gasteiger charge is -2.33. The van der Waals surface area contributed by atoms with Gasteiger partial charge in [-0.25, -0.2) is 10.4 Å². The van der Waals surface area contributed by atoms with Crippen molar-refractivity contribution in [1.82, 2.24) is 36.3 Å². The number of carbonyl (C=O) groups is 5. The van der Waals surface area contributed by atoms with Crippen LogP contribution in [0.1, 0.15) is 94.1 Å². The normalized spacial score (nSPS) is 16.1. The van der Waals surface area contributed by atoms with E-state index in [0.717, 1.165) is 30.8 Å². The van der Waals surface area contributed by atoms with E-state index in [2.05, 4.69) is 39.1 Å². The summed E-state index contributed by atoms with van der Waals surface area (Å²) in [5, 5.41) is 8.20. The Morgan fingerprint density at radius 1 is 1.17 bits per heavy atom. The Morgan fingerprint density at radius 3 is 2.67 bits per heavy atom. The van der Waals surface area contributed by atoms with Gasteiger partial charge in [0.05, 0.1) is 17.7 Å². The molecular formula is C32H55N7O7S2. The lowest BCUT2D eigenvalue weighted by molar-refractivity contribution is -0.154. The Bertz CT molecular complexity index is 1160. The second kappa shape index (κ2) is 23.5. The van der Waals surface area contributed by atoms with Crippen LogP contribution in [0.2, 0.25) is 0 Å². The van der Waals surface area contributed by atoms with Crippen LogP contribution in [0.3, 0.4) is 0 Å². The van der Waals surface area contributed by atoms with Gasteiger partial charge in [0.25, 0.3) is 5.91 Å². The van der Waals surface area contributed by atoms with Gasteiger partial charge in [-0.15, -0.1) is 11.3 Å². The van der Waals surface area contributed by atoms with Crippen LogP contribution in [0, 0.1) is 5.92 Å². The zero-order chi connectivity index (χ0) is 35.3. The van der Waals surface area contributed by atoms with Crippen molar-refractivity contribution in [1.29, 1.82) is 0 Å². The molecule has 0 bridgehead atoms. The third-order valence-corrected chi connectivity index (χ3v) is 9.04. The van der Waals surface area contributed by atoms with Crippen LogP contribution < -0.4 is 21.5 Å². The van der Waals surface area contributed by atoms with Crippen molar-refractivity contribution >= 4 is 53.6 Å². The quantitative estimate of drug-likeness (QED) is 0.0373. The van der Waals surface area contributed by atoms with E-state index < -0.39 is 6.04 Å². The maximum Gasteiger partial charge on any atom is 0.307 e. The molecule has 48 heavy (non-hydrogen) atoms. The van der Waals surface area contributed by atoms with E-state index in [1.54, 1.807) is 12.3 Å². The van der Waals surface area contributed by atoms with Crippen molar-refractivity contribution in [2.45, 2.75) is 97.1 Å². The van der Waals surface area contributed by atoms with Crippen LogP contribution in [0.25, 0.3) is 0 Å². The van der Waals surface area contributed by atoms with Gasteiger partial charge in [0.15, 0.2) is 6.73 Å². The number of aryl methyl sites for hydroxylation is 1. The molecule has 0 aliphatic carbocycles. The maximum absolute atomic E-state index is 13.7. The number of piperidine rings is 1. The van der Waals surface area contributed by atoms with Gasteiger partial charge in [0, 0.05) is 43.0 Å². The Labute approximate surface area is 294 Å². The monoisotopic (exact) mass is 713 g/mol. The molecule has 1 aliphatic rings. The second-order valence-electron chi connectivity index (χ2n) is 12.0. The molecule has 1 aromatic rings. The number of aromatic nitrogens is 1. The molecule has 1 saturated heterocycles. The van der Waals surface area contributed by atoms with Gasteiger partial charge >= 0.3 is 5.97 Å². The first-order chi connectivity index (χ1) is 23.1. The highest BCUT2D eigenvalue weighted by atomic mass is 32.1. The molecule has 0 aromatic carbocycles. The molecule has 0 spiro atoms. The Kier molecular flexibility index (Phi) is 20.3. The second-order valence-corrected chi connectivity index (χ2v) is 13.3. The fourth-order valence-corrected chi connectivity index (χ4v) is 6.06. The summed E-state index contributed by atoms with van der Waals surface area (Å²) in [5.41, 5.74) is 5.55. The molecule has 1 aromatic heterocycles. The number of nitrogens with one attached hydrogen (secondary N) is 4. The average molecular weight is 714 g/mol. The molecule has 272 valence electrons. The summed E-state index contributed by atoms with van der Waals surface area (Å²) < 4.78 is 10.6. The number of esters is 1. The van der Waals surface area contributed by atoms with Gasteiger partial charge in [0.1, 0.15) is 18.5 Å². The Morgan fingerprint density at radius 2 is 1.96 bits per heavy atom. The third kappa shape index (κ3) is 15.2. The number of amides is 4. The van der Waals surface area contributed by atoms with Crippen LogP contribution in [-0.2, 0) is 35.1 Å². The molecule has 2 rings (SSSR count). The fraction of sp³-hybridized carbons (Fsp3) is 0.750. The Hall–Kier alpha value is -2.79. The number of hydrazine groups is 1. The van der Waals surface area contributed by atoms with E-state index in [-0.39, 0.29) is 73.7 Å². The third-order valence-electron chi connectivity index (χ3n) is 7.95. The van der Waals surface area contributed by atoms with Gasteiger partial charge in [-0.1, -0.05) is 33.6 Å². The zero-order valence-corrected chi connectivity index (χ0v) is 30.6. The SMILES string of the molecule is CCCC(=O)OCN(CCCc1nc(C(=O)NCCC(C)C(=O)NNCOCCS)cs1)C(=O)C(CCC)NC(=O)C1CCCCN1C. The number of hydrogen-bond donors (Lipinski definition) is 5. The zero-order valence-electron chi connectivity index (χ0n) is 28.9. The lowest BCUT2D eigenvalue weighted by atomic mass is 10.0. The number of likely N-dealkylation sites (tertiary alicyclic amines) is 1. The van der Waals surface area contributed by atoms with E-state index in [1.807, 2.05) is 25.8 Å². The number of rotatable bonds is 23. The maximum atomic E-state index is 13.7. The van der Waals surface area contributed by atoms with E-state index in [1.165, 1.54) is 16.2 Å². The highest BCUT2D eigenvalue weighted by Crippen LogP contribution is 2.17. The van der Waals surface area contributed by atoms with E-state index in [4.69, 9.17) is 9.47 Å². The average Bonchev–Trinajstić information content (AvgIpc) is 3.55. The standard InChI is InChI=1S/C32H55N7O7S2/c1-5-10-24(36-31(43)26-12-7-8-16-38(26)4)32(44)39(22-46-28(40)11-6-2)17-9-13-27-35-25(20-48-27)30(42)33-15-14-23(3)29(41)37-34-21-45-18-19-47/h20,23-24,26,34,47H,5-19,21-22H2,1-4H3,(H,33,42)(H,36,43)(H,37,41). The number of thiazole rings is 1. The number of carbonyl (C=O) groups excluding carboxylic acids is 5. The van der Waals surface area contributed by atoms with Crippen molar-refractivity contribution in [2.75, 3.05) is 52.5 Å². The van der Waals surface area contributed by atoms with Crippen LogP contribution in [-0.4, -0.2) is 109 Å². The smallest absolute Gasteiger partial charge is 0.307 e. The van der Waals surface area contributed by atoms with Crippen LogP contribution in [0.4, 0.5) is 0 Å². The number of nitrogens with zero attached hydrogens (tertiary/aromatic N) is 3. The molecule has 1 fully saturated rings. The van der Waals surface area contributed by atoms with Crippen LogP contribution in [0.5, 0.6) is 0 Å². The number of hydrogen-bond acceptors (Lipinski definition) is 12. The Balaban J connectivity index is 1.90. The molecule has 3 unspecified atom stereocenters. The first kappa shape index (κ1) is 41.4.